The van der Waals surface area contributed by atoms with Crippen LogP contribution in [-0.4, -0.2) is 26.8 Å². The maximum absolute atomic E-state index is 5.35. The van der Waals surface area contributed by atoms with Gasteiger partial charge in [0.1, 0.15) is 0 Å². The van der Waals surface area contributed by atoms with E-state index in [1.54, 1.807) is 14.2 Å². The molecule has 0 saturated heterocycles. The summed E-state index contributed by atoms with van der Waals surface area (Å²) < 4.78 is 10.7. The van der Waals surface area contributed by atoms with E-state index >= 15 is 0 Å². The Bertz CT molecular complexity index is 390. The normalized spacial score (nSPS) is 18.6. The maximum atomic E-state index is 5.35. The second-order valence-electron chi connectivity index (χ2n) is 4.47. The monoisotopic (exact) mass is 235 g/mol. The van der Waals surface area contributed by atoms with Crippen LogP contribution in [0.5, 0.6) is 11.5 Å². The summed E-state index contributed by atoms with van der Waals surface area (Å²) in [5.74, 6) is 1.68. The van der Waals surface area contributed by atoms with Gasteiger partial charge >= 0.3 is 0 Å². The molecule has 94 valence electrons. The second kappa shape index (κ2) is 5.41. The minimum absolute atomic E-state index is 0.602. The van der Waals surface area contributed by atoms with Crippen LogP contribution < -0.4 is 14.8 Å². The highest BCUT2D eigenvalue weighted by Crippen LogP contribution is 2.34. The van der Waals surface area contributed by atoms with Crippen molar-refractivity contribution < 1.29 is 9.47 Å². The fourth-order valence-electron chi connectivity index (χ4n) is 2.55. The van der Waals surface area contributed by atoms with E-state index < -0.39 is 0 Å². The maximum Gasteiger partial charge on any atom is 0.161 e. The van der Waals surface area contributed by atoms with Crippen molar-refractivity contribution >= 4 is 0 Å². The van der Waals surface area contributed by atoms with Crippen LogP contribution in [0.4, 0.5) is 0 Å². The number of methoxy groups -OCH3 is 2. The summed E-state index contributed by atoms with van der Waals surface area (Å²) in [6.07, 6.45) is 3.41. The van der Waals surface area contributed by atoms with Crippen molar-refractivity contribution in [2.75, 3.05) is 20.8 Å². The molecule has 0 saturated carbocycles. The molecule has 0 amide bonds. The van der Waals surface area contributed by atoms with E-state index in [2.05, 4.69) is 24.4 Å². The number of likely N-dealkylation sites (N-methyl/N-ethyl adjacent to an activating group) is 1. The fourth-order valence-corrected chi connectivity index (χ4v) is 2.55. The minimum Gasteiger partial charge on any atom is -0.493 e. The Labute approximate surface area is 103 Å². The number of hydrogen-bond acceptors (Lipinski definition) is 3. The summed E-state index contributed by atoms with van der Waals surface area (Å²) >= 11 is 0. The third kappa shape index (κ3) is 2.55. The molecule has 1 aliphatic rings. The van der Waals surface area contributed by atoms with Crippen molar-refractivity contribution in [1.82, 2.24) is 5.32 Å². The molecule has 0 unspecified atom stereocenters. The Kier molecular flexibility index (Phi) is 3.89. The molecule has 0 aromatic heterocycles. The molecule has 0 radical (unpaired) electrons. The molecule has 17 heavy (non-hydrogen) atoms. The highest BCUT2D eigenvalue weighted by Gasteiger charge is 2.20. The van der Waals surface area contributed by atoms with Gasteiger partial charge in [0.2, 0.25) is 0 Å². The van der Waals surface area contributed by atoms with Gasteiger partial charge in [0.05, 0.1) is 14.2 Å². The van der Waals surface area contributed by atoms with Crippen molar-refractivity contribution in [2.45, 2.75) is 32.2 Å². The zero-order chi connectivity index (χ0) is 12.3. The average Bonchev–Trinajstić information content (AvgIpc) is 2.37. The lowest BCUT2D eigenvalue weighted by atomic mass is 9.88. The number of rotatable bonds is 4. The number of fused-ring (bicyclic) bond motifs is 1. The van der Waals surface area contributed by atoms with Gasteiger partial charge in [0.15, 0.2) is 11.5 Å². The molecule has 1 aliphatic carbocycles. The smallest absolute Gasteiger partial charge is 0.161 e. The third-order valence-corrected chi connectivity index (χ3v) is 3.43. The number of benzene rings is 1. The van der Waals surface area contributed by atoms with Crippen molar-refractivity contribution in [2.24, 2.45) is 0 Å². The van der Waals surface area contributed by atoms with Gasteiger partial charge in [-0.05, 0) is 49.1 Å². The van der Waals surface area contributed by atoms with Crippen molar-refractivity contribution in [3.05, 3.63) is 23.3 Å². The Hall–Kier alpha value is -1.22. The number of nitrogens with one attached hydrogen (secondary N) is 1. The highest BCUT2D eigenvalue weighted by atomic mass is 16.5. The van der Waals surface area contributed by atoms with Gasteiger partial charge in [0, 0.05) is 6.04 Å². The predicted octanol–water partition coefficient (Wildman–Crippen LogP) is 2.17. The lowest BCUT2D eigenvalue weighted by Crippen LogP contribution is -2.34. The Morgan fingerprint density at radius 3 is 2.41 bits per heavy atom. The summed E-state index contributed by atoms with van der Waals surface area (Å²) in [4.78, 5) is 0. The summed E-state index contributed by atoms with van der Waals surface area (Å²) in [7, 11) is 3.38. The van der Waals surface area contributed by atoms with E-state index in [4.69, 9.17) is 9.47 Å². The van der Waals surface area contributed by atoms with E-state index in [1.165, 1.54) is 17.5 Å². The number of aryl methyl sites for hydroxylation is 1. The third-order valence-electron chi connectivity index (χ3n) is 3.43. The molecule has 1 N–H and O–H groups in total. The fraction of sp³-hybridized carbons (Fsp3) is 0.571. The largest absolute Gasteiger partial charge is 0.493 e. The lowest BCUT2D eigenvalue weighted by Gasteiger charge is -2.26. The van der Waals surface area contributed by atoms with Crippen molar-refractivity contribution in [1.29, 1.82) is 0 Å². The van der Waals surface area contributed by atoms with Gasteiger partial charge in [-0.1, -0.05) is 6.92 Å². The first-order chi connectivity index (χ1) is 8.28. The Balaban J connectivity index is 2.25. The minimum atomic E-state index is 0.602. The molecule has 1 aromatic carbocycles. The zero-order valence-electron chi connectivity index (χ0n) is 10.9. The lowest BCUT2D eigenvalue weighted by molar-refractivity contribution is 0.352. The average molecular weight is 235 g/mol. The topological polar surface area (TPSA) is 30.5 Å². The first kappa shape index (κ1) is 12.2. The van der Waals surface area contributed by atoms with Crippen LogP contribution in [0.2, 0.25) is 0 Å². The molecule has 1 atom stereocenters. The highest BCUT2D eigenvalue weighted by molar-refractivity contribution is 5.48. The molecule has 0 heterocycles. The van der Waals surface area contributed by atoms with E-state index in [-0.39, 0.29) is 0 Å². The van der Waals surface area contributed by atoms with Crippen LogP contribution >= 0.6 is 0 Å². The van der Waals surface area contributed by atoms with Gasteiger partial charge < -0.3 is 14.8 Å². The van der Waals surface area contributed by atoms with E-state index in [0.29, 0.717) is 6.04 Å². The van der Waals surface area contributed by atoms with Crippen LogP contribution in [-0.2, 0) is 12.8 Å². The van der Waals surface area contributed by atoms with Crippen LogP contribution in [0.3, 0.4) is 0 Å². The summed E-state index contributed by atoms with van der Waals surface area (Å²) in [5, 5.41) is 3.52. The SMILES string of the molecule is CCN[C@H]1CCc2cc(OC)c(OC)cc2C1. The van der Waals surface area contributed by atoms with Gasteiger partial charge in [0.25, 0.3) is 0 Å². The molecule has 2 rings (SSSR count). The zero-order valence-corrected chi connectivity index (χ0v) is 10.9. The van der Waals surface area contributed by atoms with Crippen LogP contribution in [0.25, 0.3) is 0 Å². The Morgan fingerprint density at radius 1 is 1.18 bits per heavy atom. The number of ether oxygens (including phenoxy) is 2. The molecule has 0 fully saturated rings. The molecule has 3 nitrogen and oxygen atoms in total. The van der Waals surface area contributed by atoms with Crippen molar-refractivity contribution in [3.63, 3.8) is 0 Å². The molecule has 0 aliphatic heterocycles. The van der Waals surface area contributed by atoms with Gasteiger partial charge in [-0.2, -0.15) is 0 Å². The van der Waals surface area contributed by atoms with Crippen LogP contribution in [0.15, 0.2) is 12.1 Å². The van der Waals surface area contributed by atoms with Crippen LogP contribution in [0.1, 0.15) is 24.5 Å². The van der Waals surface area contributed by atoms with Crippen molar-refractivity contribution in [3.8, 4) is 11.5 Å². The molecule has 0 bridgehead atoms. The standard InChI is InChI=1S/C14H21NO2/c1-4-15-12-6-5-10-8-13(16-2)14(17-3)9-11(10)7-12/h8-9,12,15H,4-7H2,1-3H3/t12-/m0/s1. The number of hydrogen-bond donors (Lipinski definition) is 1. The predicted molar refractivity (Wildman–Crippen MR) is 69.0 cm³/mol. The van der Waals surface area contributed by atoms with Crippen LogP contribution in [0, 0.1) is 0 Å². The molecule has 0 spiro atoms. The molecular formula is C14H21NO2. The summed E-state index contributed by atoms with van der Waals surface area (Å²) in [5.41, 5.74) is 2.79. The molecule has 3 heteroatoms. The Morgan fingerprint density at radius 2 is 1.82 bits per heavy atom. The van der Waals surface area contributed by atoms with E-state index in [9.17, 15) is 0 Å². The van der Waals surface area contributed by atoms with E-state index in [0.717, 1.165) is 30.9 Å². The first-order valence-electron chi connectivity index (χ1n) is 6.25. The second-order valence-corrected chi connectivity index (χ2v) is 4.47. The van der Waals surface area contributed by atoms with Gasteiger partial charge in [-0.3, -0.25) is 0 Å². The van der Waals surface area contributed by atoms with Gasteiger partial charge in [-0.25, -0.2) is 0 Å². The summed E-state index contributed by atoms with van der Waals surface area (Å²) in [6.45, 7) is 3.19. The van der Waals surface area contributed by atoms with E-state index in [1.807, 2.05) is 0 Å². The molecular weight excluding hydrogens is 214 g/mol. The van der Waals surface area contributed by atoms with Gasteiger partial charge in [-0.15, -0.1) is 0 Å². The molecule has 1 aromatic rings. The quantitative estimate of drug-likeness (QED) is 0.867. The first-order valence-corrected chi connectivity index (χ1v) is 6.25. The summed E-state index contributed by atoms with van der Waals surface area (Å²) in [6, 6.07) is 4.85.